The van der Waals surface area contributed by atoms with E-state index in [2.05, 4.69) is 5.32 Å². The maximum Gasteiger partial charge on any atom is 0.407 e. The molecule has 2 aromatic carbocycles. The van der Waals surface area contributed by atoms with Crippen LogP contribution >= 0.6 is 0 Å². The molecule has 0 aliphatic heterocycles. The van der Waals surface area contributed by atoms with Crippen LogP contribution in [0.1, 0.15) is 43.7 Å². The van der Waals surface area contributed by atoms with Crippen molar-refractivity contribution < 1.29 is 37.4 Å². The lowest BCUT2D eigenvalue weighted by Gasteiger charge is -2.26. The van der Waals surface area contributed by atoms with E-state index >= 15 is 0 Å². The van der Waals surface area contributed by atoms with Crippen molar-refractivity contribution in [2.75, 3.05) is 13.2 Å². The van der Waals surface area contributed by atoms with Crippen LogP contribution in [0.4, 0.5) is 18.0 Å². The van der Waals surface area contributed by atoms with E-state index in [1.54, 1.807) is 13.8 Å². The summed E-state index contributed by atoms with van der Waals surface area (Å²) >= 11 is 0. The molecule has 1 aliphatic carbocycles. The first kappa shape index (κ1) is 26.1. The van der Waals surface area contributed by atoms with Crippen LogP contribution in [0.15, 0.2) is 48.5 Å². The monoisotopic (exact) mass is 492 g/mol. The average molecular weight is 492 g/mol. The van der Waals surface area contributed by atoms with Gasteiger partial charge < -0.3 is 20.5 Å². The second-order valence-electron chi connectivity index (χ2n) is 9.07. The Balaban J connectivity index is 1.49. The highest BCUT2D eigenvalue weighted by atomic mass is 19.4. The molecule has 0 saturated carbocycles. The first-order chi connectivity index (χ1) is 16.4. The first-order valence-corrected chi connectivity index (χ1v) is 11.1. The van der Waals surface area contributed by atoms with Crippen LogP contribution in [-0.2, 0) is 14.3 Å². The second-order valence-corrected chi connectivity index (χ2v) is 9.07. The Hall–Kier alpha value is -3.56. The minimum Gasteiger partial charge on any atom is -0.481 e. The molecule has 3 N–H and O–H groups in total. The normalized spacial score (nSPS) is 14.0. The Morgan fingerprint density at radius 2 is 1.54 bits per heavy atom. The van der Waals surface area contributed by atoms with E-state index in [4.69, 9.17) is 9.84 Å². The number of carboxylic acids is 1. The molecule has 7 nitrogen and oxygen atoms in total. The number of rotatable bonds is 9. The number of hydrogen-bond acceptors (Lipinski definition) is 4. The van der Waals surface area contributed by atoms with Crippen molar-refractivity contribution in [1.82, 2.24) is 10.6 Å². The molecule has 0 saturated heterocycles. The highest BCUT2D eigenvalue weighted by molar-refractivity contribution is 5.79. The van der Waals surface area contributed by atoms with Crippen LogP contribution in [0.5, 0.6) is 0 Å². The minimum absolute atomic E-state index is 0.104. The van der Waals surface area contributed by atoms with E-state index in [0.29, 0.717) is 0 Å². The summed E-state index contributed by atoms with van der Waals surface area (Å²) in [5, 5.41) is 13.4. The number of amides is 2. The number of hydrogen-bond donors (Lipinski definition) is 3. The van der Waals surface area contributed by atoms with Gasteiger partial charge in [0.15, 0.2) is 5.92 Å². The zero-order valence-electron chi connectivity index (χ0n) is 19.3. The summed E-state index contributed by atoms with van der Waals surface area (Å²) in [6.45, 7) is 2.36. The zero-order chi connectivity index (χ0) is 25.8. The van der Waals surface area contributed by atoms with Crippen molar-refractivity contribution in [2.24, 2.45) is 5.92 Å². The van der Waals surface area contributed by atoms with Gasteiger partial charge in [0.25, 0.3) is 0 Å². The predicted molar refractivity (Wildman–Crippen MR) is 122 cm³/mol. The van der Waals surface area contributed by atoms with Gasteiger partial charge in [-0.15, -0.1) is 0 Å². The third-order valence-corrected chi connectivity index (χ3v) is 5.96. The highest BCUT2D eigenvalue weighted by Gasteiger charge is 2.45. The number of alkyl halides is 3. The summed E-state index contributed by atoms with van der Waals surface area (Å²) in [5.74, 6) is -5.60. The minimum atomic E-state index is -4.97. The van der Waals surface area contributed by atoms with E-state index in [1.807, 2.05) is 53.8 Å². The molecule has 35 heavy (non-hydrogen) atoms. The Bertz CT molecular complexity index is 1060. The number of halogens is 3. The van der Waals surface area contributed by atoms with Gasteiger partial charge in [-0.05, 0) is 42.5 Å². The van der Waals surface area contributed by atoms with Gasteiger partial charge in [-0.2, -0.15) is 13.2 Å². The number of fused-ring (bicyclic) bond motifs is 3. The average Bonchev–Trinajstić information content (AvgIpc) is 3.09. The van der Waals surface area contributed by atoms with Crippen molar-refractivity contribution in [3.05, 3.63) is 59.7 Å². The summed E-state index contributed by atoms with van der Waals surface area (Å²) in [7, 11) is 0. The molecule has 0 radical (unpaired) electrons. The Kier molecular flexibility index (Phi) is 7.72. The topological polar surface area (TPSA) is 105 Å². The van der Waals surface area contributed by atoms with Crippen LogP contribution in [0.25, 0.3) is 11.1 Å². The van der Waals surface area contributed by atoms with Gasteiger partial charge in [0.2, 0.25) is 5.91 Å². The predicted octanol–water partition coefficient (Wildman–Crippen LogP) is 4.46. The SMILES string of the molecule is CC(C)(CCC(=O)NCC(C(=O)O)C(F)(F)F)NC(=O)OCC1c2ccccc2-c2ccccc21. The van der Waals surface area contributed by atoms with E-state index < -0.39 is 42.1 Å². The van der Waals surface area contributed by atoms with Gasteiger partial charge in [-0.1, -0.05) is 48.5 Å². The molecule has 1 atom stereocenters. The van der Waals surface area contributed by atoms with Crippen LogP contribution in [0.2, 0.25) is 0 Å². The second kappa shape index (κ2) is 10.4. The number of carbonyl (C=O) groups excluding carboxylic acids is 2. The summed E-state index contributed by atoms with van der Waals surface area (Å²) in [4.78, 5) is 35.2. The largest absolute Gasteiger partial charge is 0.481 e. The summed E-state index contributed by atoms with van der Waals surface area (Å²) < 4.78 is 43.6. The fourth-order valence-electron chi connectivity index (χ4n) is 4.05. The van der Waals surface area contributed by atoms with Gasteiger partial charge >= 0.3 is 18.2 Å². The van der Waals surface area contributed by atoms with Crippen molar-refractivity contribution >= 4 is 18.0 Å². The maximum absolute atomic E-state index is 12.7. The van der Waals surface area contributed by atoms with Gasteiger partial charge in [-0.25, -0.2) is 4.79 Å². The van der Waals surface area contributed by atoms with Crippen molar-refractivity contribution in [1.29, 1.82) is 0 Å². The molecule has 3 rings (SSSR count). The number of ether oxygens (including phenoxy) is 1. The molecule has 2 amide bonds. The number of alkyl carbamates (subject to hydrolysis) is 1. The quantitative estimate of drug-likeness (QED) is 0.479. The number of carboxylic acid groups (broad SMARTS) is 1. The molecule has 1 aliphatic rings. The fourth-order valence-corrected chi connectivity index (χ4v) is 4.05. The van der Waals surface area contributed by atoms with E-state index in [1.165, 1.54) is 0 Å². The van der Waals surface area contributed by atoms with E-state index in [0.717, 1.165) is 22.3 Å². The molecule has 0 heterocycles. The van der Waals surface area contributed by atoms with Gasteiger partial charge in [0, 0.05) is 24.4 Å². The number of benzene rings is 2. The highest BCUT2D eigenvalue weighted by Crippen LogP contribution is 2.44. The van der Waals surface area contributed by atoms with Gasteiger partial charge in [0.05, 0.1) is 0 Å². The lowest BCUT2D eigenvalue weighted by molar-refractivity contribution is -0.192. The van der Waals surface area contributed by atoms with E-state index in [-0.39, 0.29) is 25.4 Å². The Labute approximate surface area is 200 Å². The molecule has 0 spiro atoms. The third-order valence-electron chi connectivity index (χ3n) is 5.96. The standard InChI is InChI=1S/C25H27F3N2O5/c1-24(2,12-11-21(31)29-13-20(22(32)33)25(26,27)28)30-23(34)35-14-19-17-9-5-3-7-15(17)16-8-4-6-10-18(16)19/h3-10,19-20H,11-14H2,1-2H3,(H,29,31)(H,30,34)(H,32,33). The van der Waals surface area contributed by atoms with Crippen LogP contribution in [-0.4, -0.2) is 47.9 Å². The summed E-state index contributed by atoms with van der Waals surface area (Å²) in [6.07, 6.45) is -5.75. The molecule has 10 heteroatoms. The maximum atomic E-state index is 12.7. The lowest BCUT2D eigenvalue weighted by atomic mass is 9.98. The number of nitrogens with one attached hydrogen (secondary N) is 2. The van der Waals surface area contributed by atoms with Crippen molar-refractivity contribution in [3.8, 4) is 11.1 Å². The van der Waals surface area contributed by atoms with Gasteiger partial charge in [0.1, 0.15) is 6.61 Å². The van der Waals surface area contributed by atoms with E-state index in [9.17, 15) is 27.6 Å². The van der Waals surface area contributed by atoms with Gasteiger partial charge in [-0.3, -0.25) is 9.59 Å². The van der Waals surface area contributed by atoms with Crippen LogP contribution in [0.3, 0.4) is 0 Å². The van der Waals surface area contributed by atoms with Crippen LogP contribution < -0.4 is 10.6 Å². The molecule has 1 unspecified atom stereocenters. The van der Waals surface area contributed by atoms with Crippen LogP contribution in [0, 0.1) is 5.92 Å². The Morgan fingerprint density at radius 3 is 2.06 bits per heavy atom. The molecule has 188 valence electrons. The molecule has 2 aromatic rings. The smallest absolute Gasteiger partial charge is 0.407 e. The lowest BCUT2D eigenvalue weighted by Crippen LogP contribution is -2.45. The van der Waals surface area contributed by atoms with Crippen molar-refractivity contribution in [2.45, 2.75) is 44.3 Å². The third kappa shape index (κ3) is 6.52. The van der Waals surface area contributed by atoms with Crippen molar-refractivity contribution in [3.63, 3.8) is 0 Å². The summed E-state index contributed by atoms with van der Waals surface area (Å²) in [6, 6.07) is 15.8. The molecule has 0 fully saturated rings. The Morgan fingerprint density at radius 1 is 1.00 bits per heavy atom. The molecule has 0 bridgehead atoms. The molecular weight excluding hydrogens is 465 g/mol. The number of carbonyl (C=O) groups is 3. The zero-order valence-corrected chi connectivity index (χ0v) is 19.3. The molecule has 0 aromatic heterocycles. The number of aliphatic carboxylic acids is 1. The fraction of sp³-hybridized carbons (Fsp3) is 0.400. The summed E-state index contributed by atoms with van der Waals surface area (Å²) in [5.41, 5.74) is 3.43. The molecular formula is C25H27F3N2O5. The first-order valence-electron chi connectivity index (χ1n) is 11.1.